The Morgan fingerprint density at radius 1 is 1.11 bits per heavy atom. The molecule has 1 atom stereocenters. The highest BCUT2D eigenvalue weighted by Crippen LogP contribution is 2.11. The second-order valence-corrected chi connectivity index (χ2v) is 5.25. The van der Waals surface area contributed by atoms with Gasteiger partial charge in [0.25, 0.3) is 0 Å². The molecule has 0 aromatic rings. The minimum absolute atomic E-state index is 0.0462. The van der Waals surface area contributed by atoms with Crippen molar-refractivity contribution in [1.82, 2.24) is 10.6 Å². The first-order chi connectivity index (χ1) is 8.64. The maximum Gasteiger partial charge on any atom is 0.332 e. The third kappa shape index (κ3) is 8.15. The lowest BCUT2D eigenvalue weighted by Gasteiger charge is -2.17. The van der Waals surface area contributed by atoms with Gasteiger partial charge < -0.3 is 20.8 Å². The minimum Gasteiger partial charge on any atom is -0.479 e. The van der Waals surface area contributed by atoms with Crippen LogP contribution in [0.15, 0.2) is 0 Å². The van der Waals surface area contributed by atoms with E-state index in [1.807, 2.05) is 0 Å². The summed E-state index contributed by atoms with van der Waals surface area (Å²) in [6, 6.07) is 0. The average molecular weight is 274 g/mol. The topological polar surface area (TPSA) is 116 Å². The average Bonchev–Trinajstić information content (AvgIpc) is 2.27. The van der Waals surface area contributed by atoms with Gasteiger partial charge in [0, 0.05) is 31.3 Å². The number of amides is 2. The summed E-state index contributed by atoms with van der Waals surface area (Å²) in [5.41, 5.74) is -0.498. The predicted molar refractivity (Wildman–Crippen MR) is 68.4 cm³/mol. The standard InChI is InChI=1S/C12H22N2O5/c1-12(2,3)11(19)14-7-5-9(16)13-6-4-8(15)10(17)18/h8,15H,4-7H2,1-3H3,(H,13,16)(H,14,19)(H,17,18). The largest absolute Gasteiger partial charge is 0.479 e. The van der Waals surface area contributed by atoms with Gasteiger partial charge in [-0.3, -0.25) is 9.59 Å². The quantitative estimate of drug-likeness (QED) is 0.499. The Labute approximate surface area is 112 Å². The molecule has 0 aliphatic heterocycles. The van der Waals surface area contributed by atoms with Gasteiger partial charge in [-0.15, -0.1) is 0 Å². The number of hydrogen-bond donors (Lipinski definition) is 4. The molecule has 1 unspecified atom stereocenters. The van der Waals surface area contributed by atoms with Crippen molar-refractivity contribution in [1.29, 1.82) is 0 Å². The molecule has 7 heteroatoms. The maximum absolute atomic E-state index is 11.5. The maximum atomic E-state index is 11.5. The summed E-state index contributed by atoms with van der Waals surface area (Å²) >= 11 is 0. The number of rotatable bonds is 7. The van der Waals surface area contributed by atoms with Gasteiger partial charge in [0.2, 0.25) is 11.8 Å². The summed E-state index contributed by atoms with van der Waals surface area (Å²) in [7, 11) is 0. The monoisotopic (exact) mass is 274 g/mol. The highest BCUT2D eigenvalue weighted by molar-refractivity contribution is 5.82. The Bertz CT molecular complexity index is 336. The number of carbonyl (C=O) groups is 3. The van der Waals surface area contributed by atoms with Gasteiger partial charge in [0.1, 0.15) is 0 Å². The van der Waals surface area contributed by atoms with E-state index >= 15 is 0 Å². The summed E-state index contributed by atoms with van der Waals surface area (Å²) in [4.78, 5) is 33.1. The number of carboxylic acid groups (broad SMARTS) is 1. The number of carboxylic acids is 1. The van der Waals surface area contributed by atoms with Crippen molar-refractivity contribution in [3.05, 3.63) is 0 Å². The smallest absolute Gasteiger partial charge is 0.332 e. The third-order valence-corrected chi connectivity index (χ3v) is 2.34. The number of nitrogens with one attached hydrogen (secondary N) is 2. The van der Waals surface area contributed by atoms with E-state index < -0.39 is 17.5 Å². The van der Waals surface area contributed by atoms with Crippen molar-refractivity contribution < 1.29 is 24.6 Å². The van der Waals surface area contributed by atoms with Crippen LogP contribution in [0.1, 0.15) is 33.6 Å². The molecule has 0 radical (unpaired) electrons. The van der Waals surface area contributed by atoms with E-state index in [0.717, 1.165) is 0 Å². The molecule has 0 aromatic carbocycles. The van der Waals surface area contributed by atoms with Crippen LogP contribution in [0.3, 0.4) is 0 Å². The van der Waals surface area contributed by atoms with E-state index in [9.17, 15) is 14.4 Å². The zero-order valence-electron chi connectivity index (χ0n) is 11.5. The molecule has 110 valence electrons. The summed E-state index contributed by atoms with van der Waals surface area (Å²) in [5.74, 6) is -1.75. The number of aliphatic hydroxyl groups excluding tert-OH is 1. The Morgan fingerprint density at radius 2 is 1.68 bits per heavy atom. The van der Waals surface area contributed by atoms with Gasteiger partial charge in [0.15, 0.2) is 6.10 Å². The molecular weight excluding hydrogens is 252 g/mol. The molecule has 0 aliphatic rings. The molecule has 0 aromatic heterocycles. The van der Waals surface area contributed by atoms with Gasteiger partial charge >= 0.3 is 5.97 Å². The second-order valence-electron chi connectivity index (χ2n) is 5.25. The Morgan fingerprint density at radius 3 is 2.16 bits per heavy atom. The summed E-state index contributed by atoms with van der Waals surface area (Å²) < 4.78 is 0. The van der Waals surface area contributed by atoms with Crippen LogP contribution >= 0.6 is 0 Å². The van der Waals surface area contributed by atoms with Crippen molar-refractivity contribution in [2.24, 2.45) is 5.41 Å². The van der Waals surface area contributed by atoms with Crippen LogP contribution in [-0.2, 0) is 14.4 Å². The normalized spacial score (nSPS) is 12.6. The third-order valence-electron chi connectivity index (χ3n) is 2.34. The summed E-state index contributed by atoms with van der Waals surface area (Å²) in [6.07, 6.45) is -1.40. The van der Waals surface area contributed by atoms with Gasteiger partial charge in [-0.1, -0.05) is 20.8 Å². The lowest BCUT2D eigenvalue weighted by atomic mass is 9.96. The lowest BCUT2D eigenvalue weighted by Crippen LogP contribution is -2.37. The first kappa shape index (κ1) is 17.4. The van der Waals surface area contributed by atoms with Crippen molar-refractivity contribution in [2.75, 3.05) is 13.1 Å². The Kier molecular flexibility index (Phi) is 7.06. The minimum atomic E-state index is -1.47. The van der Waals surface area contributed by atoms with E-state index in [1.54, 1.807) is 20.8 Å². The van der Waals surface area contributed by atoms with Crippen molar-refractivity contribution in [3.8, 4) is 0 Å². The first-order valence-corrected chi connectivity index (χ1v) is 6.10. The number of aliphatic carboxylic acids is 1. The zero-order valence-corrected chi connectivity index (χ0v) is 11.5. The van der Waals surface area contributed by atoms with E-state index in [2.05, 4.69) is 10.6 Å². The van der Waals surface area contributed by atoms with Crippen LogP contribution in [0.4, 0.5) is 0 Å². The SMILES string of the molecule is CC(C)(C)C(=O)NCCC(=O)NCCC(O)C(=O)O. The summed E-state index contributed by atoms with van der Waals surface area (Å²) in [6.45, 7) is 5.63. The molecule has 4 N–H and O–H groups in total. The molecule has 0 bridgehead atoms. The molecule has 0 spiro atoms. The number of hydrogen-bond acceptors (Lipinski definition) is 4. The van der Waals surface area contributed by atoms with Gasteiger partial charge in [-0.2, -0.15) is 0 Å². The highest BCUT2D eigenvalue weighted by Gasteiger charge is 2.20. The van der Waals surface area contributed by atoms with Crippen molar-refractivity contribution >= 4 is 17.8 Å². The van der Waals surface area contributed by atoms with Crippen molar-refractivity contribution in [3.63, 3.8) is 0 Å². The van der Waals surface area contributed by atoms with Crippen LogP contribution in [0, 0.1) is 5.41 Å². The fourth-order valence-electron chi connectivity index (χ4n) is 1.11. The van der Waals surface area contributed by atoms with Crippen molar-refractivity contribution in [2.45, 2.75) is 39.7 Å². The molecule has 7 nitrogen and oxygen atoms in total. The number of aliphatic hydroxyl groups is 1. The lowest BCUT2D eigenvalue weighted by molar-refractivity contribution is -0.147. The molecule has 0 saturated carbocycles. The highest BCUT2D eigenvalue weighted by atomic mass is 16.4. The zero-order chi connectivity index (χ0) is 15.1. The summed E-state index contributed by atoms with van der Waals surface area (Å²) in [5, 5.41) is 22.5. The van der Waals surface area contributed by atoms with E-state index in [0.29, 0.717) is 0 Å². The fraction of sp³-hybridized carbons (Fsp3) is 0.750. The van der Waals surface area contributed by atoms with Gasteiger partial charge in [0.05, 0.1) is 0 Å². The second kappa shape index (κ2) is 7.73. The van der Waals surface area contributed by atoms with E-state index in [1.165, 1.54) is 0 Å². The Balaban J connectivity index is 3.72. The molecule has 0 rings (SSSR count). The van der Waals surface area contributed by atoms with Crippen LogP contribution in [0.25, 0.3) is 0 Å². The molecule has 0 saturated heterocycles. The van der Waals surface area contributed by atoms with Gasteiger partial charge in [-0.25, -0.2) is 4.79 Å². The fourth-order valence-corrected chi connectivity index (χ4v) is 1.11. The molecule has 2 amide bonds. The number of carbonyl (C=O) groups excluding carboxylic acids is 2. The van der Waals surface area contributed by atoms with Crippen LogP contribution < -0.4 is 10.6 Å². The van der Waals surface area contributed by atoms with Gasteiger partial charge in [-0.05, 0) is 0 Å². The molecule has 0 aliphatic carbocycles. The van der Waals surface area contributed by atoms with E-state index in [-0.39, 0.29) is 37.7 Å². The van der Waals surface area contributed by atoms with E-state index in [4.69, 9.17) is 10.2 Å². The van der Waals surface area contributed by atoms with Crippen LogP contribution in [0.5, 0.6) is 0 Å². The molecule has 0 fully saturated rings. The molecule has 0 heterocycles. The molecule has 19 heavy (non-hydrogen) atoms. The first-order valence-electron chi connectivity index (χ1n) is 6.10. The molecular formula is C12H22N2O5. The predicted octanol–water partition coefficient (Wildman–Crippen LogP) is -0.509. The Hall–Kier alpha value is -1.63. The van der Waals surface area contributed by atoms with Crippen LogP contribution in [-0.4, -0.2) is 47.2 Å². The van der Waals surface area contributed by atoms with Crippen LogP contribution in [0.2, 0.25) is 0 Å².